The molecule has 0 amide bonds. The zero-order valence-corrected chi connectivity index (χ0v) is 13.7. The molecule has 0 heterocycles. The molecule has 1 saturated carbocycles. The lowest BCUT2D eigenvalue weighted by Gasteiger charge is -2.25. The van der Waals surface area contributed by atoms with E-state index < -0.39 is 6.10 Å². The van der Waals surface area contributed by atoms with Gasteiger partial charge >= 0.3 is 0 Å². The smallest absolute Gasteiger partial charge is 0.0985 e. The lowest BCUT2D eigenvalue weighted by molar-refractivity contribution is 0.128. The third-order valence-corrected chi connectivity index (χ3v) is 4.55. The predicted octanol–water partition coefficient (Wildman–Crippen LogP) is 4.77. The molecule has 116 valence electrons. The van der Waals surface area contributed by atoms with E-state index in [-0.39, 0.29) is 6.04 Å². The summed E-state index contributed by atoms with van der Waals surface area (Å²) in [6.07, 6.45) is 1.89. The molecule has 0 aliphatic heterocycles. The van der Waals surface area contributed by atoms with Gasteiger partial charge in [0.1, 0.15) is 0 Å². The first-order valence-corrected chi connectivity index (χ1v) is 8.31. The van der Waals surface area contributed by atoms with Crippen molar-refractivity contribution in [2.75, 3.05) is 6.54 Å². The highest BCUT2D eigenvalue weighted by atomic mass is 35.5. The van der Waals surface area contributed by atoms with E-state index in [1.165, 1.54) is 12.8 Å². The van der Waals surface area contributed by atoms with Gasteiger partial charge in [-0.25, -0.2) is 0 Å². The van der Waals surface area contributed by atoms with E-state index in [1.807, 2.05) is 48.5 Å². The van der Waals surface area contributed by atoms with Crippen LogP contribution in [0.2, 0.25) is 10.0 Å². The minimum absolute atomic E-state index is 0.170. The summed E-state index contributed by atoms with van der Waals surface area (Å²) in [6.45, 7) is 0.922. The Bertz CT molecular complexity index is 625. The largest absolute Gasteiger partial charge is 0.386 e. The molecule has 2 aromatic rings. The molecule has 0 saturated heterocycles. The molecule has 3 rings (SSSR count). The Labute approximate surface area is 141 Å². The number of halogens is 2. The van der Waals surface area contributed by atoms with Crippen molar-refractivity contribution < 1.29 is 5.11 Å². The van der Waals surface area contributed by atoms with Crippen molar-refractivity contribution in [1.29, 1.82) is 0 Å². The molecule has 2 aromatic carbocycles. The van der Waals surface area contributed by atoms with Crippen molar-refractivity contribution >= 4 is 23.2 Å². The fraction of sp³-hybridized carbons (Fsp3) is 0.333. The van der Waals surface area contributed by atoms with Gasteiger partial charge < -0.3 is 10.4 Å². The zero-order chi connectivity index (χ0) is 15.5. The maximum Gasteiger partial charge on any atom is 0.0985 e. The molecule has 2 nitrogen and oxygen atoms in total. The number of benzene rings is 2. The van der Waals surface area contributed by atoms with Gasteiger partial charge in [0.2, 0.25) is 0 Å². The maximum absolute atomic E-state index is 10.8. The molecule has 1 aliphatic rings. The van der Waals surface area contributed by atoms with E-state index in [1.54, 1.807) is 0 Å². The Balaban J connectivity index is 1.84. The number of hydrogen-bond acceptors (Lipinski definition) is 2. The number of nitrogens with one attached hydrogen (secondary N) is 1. The fourth-order valence-corrected chi connectivity index (χ4v) is 2.91. The SMILES string of the molecule is O[C@@H](c1cccc(Cl)c1)[C@H](NCC1CC1)c1ccc(Cl)cc1. The highest BCUT2D eigenvalue weighted by Crippen LogP contribution is 2.33. The number of hydrogen-bond donors (Lipinski definition) is 2. The second kappa shape index (κ2) is 7.01. The van der Waals surface area contributed by atoms with Gasteiger partial charge in [-0.1, -0.05) is 47.5 Å². The molecule has 0 unspecified atom stereocenters. The second-order valence-electron chi connectivity index (χ2n) is 5.88. The maximum atomic E-state index is 10.8. The molecule has 22 heavy (non-hydrogen) atoms. The van der Waals surface area contributed by atoms with Crippen LogP contribution in [0.4, 0.5) is 0 Å². The number of aliphatic hydroxyl groups excluding tert-OH is 1. The van der Waals surface area contributed by atoms with Crippen LogP contribution in [0.3, 0.4) is 0 Å². The van der Waals surface area contributed by atoms with Gasteiger partial charge in [-0.3, -0.25) is 0 Å². The Hall–Kier alpha value is -1.06. The average molecular weight is 336 g/mol. The predicted molar refractivity (Wildman–Crippen MR) is 91.3 cm³/mol. The summed E-state index contributed by atoms with van der Waals surface area (Å²) >= 11 is 12.0. The van der Waals surface area contributed by atoms with Crippen molar-refractivity contribution in [3.63, 3.8) is 0 Å². The second-order valence-corrected chi connectivity index (χ2v) is 6.75. The number of aliphatic hydroxyl groups is 1. The van der Waals surface area contributed by atoms with E-state index in [9.17, 15) is 5.11 Å². The van der Waals surface area contributed by atoms with Crippen LogP contribution in [0.5, 0.6) is 0 Å². The summed E-state index contributed by atoms with van der Waals surface area (Å²) in [4.78, 5) is 0. The van der Waals surface area contributed by atoms with Crippen LogP contribution in [0.25, 0.3) is 0 Å². The van der Waals surface area contributed by atoms with Crippen molar-refractivity contribution in [2.24, 2.45) is 5.92 Å². The van der Waals surface area contributed by atoms with Crippen LogP contribution in [0.15, 0.2) is 48.5 Å². The average Bonchev–Trinajstić information content (AvgIpc) is 3.33. The highest BCUT2D eigenvalue weighted by Gasteiger charge is 2.27. The Morgan fingerprint density at radius 2 is 1.73 bits per heavy atom. The first-order valence-electron chi connectivity index (χ1n) is 7.56. The van der Waals surface area contributed by atoms with E-state index in [2.05, 4.69) is 5.32 Å². The molecule has 0 bridgehead atoms. The third kappa shape index (κ3) is 4.02. The first kappa shape index (κ1) is 15.8. The lowest BCUT2D eigenvalue weighted by Crippen LogP contribution is -2.29. The molecule has 0 radical (unpaired) electrons. The van der Waals surface area contributed by atoms with Crippen LogP contribution in [-0.4, -0.2) is 11.7 Å². The van der Waals surface area contributed by atoms with E-state index >= 15 is 0 Å². The standard InChI is InChI=1S/C18H19Cl2NO/c19-15-8-6-13(7-9-15)17(21-11-12-4-5-12)18(22)14-2-1-3-16(20)10-14/h1-3,6-10,12,17-18,21-22H,4-5,11H2/t17-,18+/m1/s1. The van der Waals surface area contributed by atoms with Crippen molar-refractivity contribution in [3.05, 3.63) is 69.7 Å². The third-order valence-electron chi connectivity index (χ3n) is 4.06. The molecule has 0 spiro atoms. The van der Waals surface area contributed by atoms with E-state index in [0.29, 0.717) is 10.0 Å². The number of rotatable bonds is 6. The molecule has 0 aromatic heterocycles. The Morgan fingerprint density at radius 1 is 1.00 bits per heavy atom. The molecular weight excluding hydrogens is 317 g/mol. The van der Waals surface area contributed by atoms with Crippen LogP contribution < -0.4 is 5.32 Å². The van der Waals surface area contributed by atoms with Gasteiger partial charge in [0.15, 0.2) is 0 Å². The van der Waals surface area contributed by atoms with Crippen LogP contribution in [-0.2, 0) is 0 Å². The van der Waals surface area contributed by atoms with Gasteiger partial charge in [-0.05, 0) is 60.7 Å². The fourth-order valence-electron chi connectivity index (χ4n) is 2.58. The minimum Gasteiger partial charge on any atom is -0.386 e. The minimum atomic E-state index is -0.654. The lowest BCUT2D eigenvalue weighted by atomic mass is 9.95. The van der Waals surface area contributed by atoms with E-state index in [4.69, 9.17) is 23.2 Å². The van der Waals surface area contributed by atoms with Gasteiger partial charge in [-0.2, -0.15) is 0 Å². The van der Waals surface area contributed by atoms with Crippen LogP contribution in [0, 0.1) is 5.92 Å². The topological polar surface area (TPSA) is 32.3 Å². The van der Waals surface area contributed by atoms with Gasteiger partial charge in [0, 0.05) is 10.0 Å². The molecule has 2 atom stereocenters. The Morgan fingerprint density at radius 3 is 2.36 bits per heavy atom. The van der Waals surface area contributed by atoms with Gasteiger partial charge in [-0.15, -0.1) is 0 Å². The summed E-state index contributed by atoms with van der Waals surface area (Å²) in [5, 5.41) is 15.6. The van der Waals surface area contributed by atoms with Gasteiger partial charge in [0.05, 0.1) is 12.1 Å². The Kier molecular flexibility index (Phi) is 5.04. The van der Waals surface area contributed by atoms with Crippen LogP contribution >= 0.6 is 23.2 Å². The van der Waals surface area contributed by atoms with E-state index in [0.717, 1.165) is 23.6 Å². The normalized spacial score (nSPS) is 17.2. The summed E-state index contributed by atoms with van der Waals surface area (Å²) in [5.41, 5.74) is 1.84. The quantitative estimate of drug-likeness (QED) is 0.797. The monoisotopic (exact) mass is 335 g/mol. The summed E-state index contributed by atoms with van der Waals surface area (Å²) in [5.74, 6) is 0.737. The highest BCUT2D eigenvalue weighted by molar-refractivity contribution is 6.30. The van der Waals surface area contributed by atoms with Crippen molar-refractivity contribution in [3.8, 4) is 0 Å². The zero-order valence-electron chi connectivity index (χ0n) is 12.2. The van der Waals surface area contributed by atoms with Gasteiger partial charge in [0.25, 0.3) is 0 Å². The van der Waals surface area contributed by atoms with Crippen LogP contribution in [0.1, 0.15) is 36.1 Å². The molecule has 1 fully saturated rings. The first-order chi connectivity index (χ1) is 10.6. The van der Waals surface area contributed by atoms with Crippen molar-refractivity contribution in [2.45, 2.75) is 25.0 Å². The molecular formula is C18H19Cl2NO. The van der Waals surface area contributed by atoms with Crippen molar-refractivity contribution in [1.82, 2.24) is 5.32 Å². The molecule has 2 N–H and O–H groups in total. The summed E-state index contributed by atoms with van der Waals surface area (Å²) in [7, 11) is 0. The molecule has 4 heteroatoms. The summed E-state index contributed by atoms with van der Waals surface area (Å²) < 4.78 is 0. The summed E-state index contributed by atoms with van der Waals surface area (Å²) in [6, 6.07) is 14.8. The molecule has 1 aliphatic carbocycles.